The molecule has 1 aromatic heterocycles. The molecule has 0 atom stereocenters. The highest BCUT2D eigenvalue weighted by Crippen LogP contribution is 2.25. The summed E-state index contributed by atoms with van der Waals surface area (Å²) >= 11 is 7.54. The van der Waals surface area contributed by atoms with Gasteiger partial charge in [-0.3, -0.25) is 9.59 Å². The number of rotatable bonds is 4. The van der Waals surface area contributed by atoms with E-state index in [9.17, 15) is 9.59 Å². The van der Waals surface area contributed by atoms with E-state index < -0.39 is 0 Å². The second-order valence-corrected chi connectivity index (χ2v) is 7.38. The Kier molecular flexibility index (Phi) is 7.46. The van der Waals surface area contributed by atoms with E-state index in [0.29, 0.717) is 21.2 Å². The van der Waals surface area contributed by atoms with Crippen LogP contribution in [0.15, 0.2) is 35.7 Å². The topological polar surface area (TPSA) is 61.4 Å². The van der Waals surface area contributed by atoms with Crippen molar-refractivity contribution < 1.29 is 9.59 Å². The first-order valence-corrected chi connectivity index (χ1v) is 9.44. The molecule has 1 aliphatic heterocycles. The zero-order chi connectivity index (χ0) is 17.8. The van der Waals surface area contributed by atoms with Crippen LogP contribution >= 0.6 is 35.3 Å². The third-order valence-corrected chi connectivity index (χ3v) is 5.58. The molecule has 1 fully saturated rings. The van der Waals surface area contributed by atoms with Gasteiger partial charge >= 0.3 is 0 Å². The monoisotopic (exact) mass is 413 g/mol. The number of hydrogen-bond donors (Lipinski definition) is 2. The Labute approximate surface area is 168 Å². The number of carbonyl (C=O) groups is 2. The predicted molar refractivity (Wildman–Crippen MR) is 109 cm³/mol. The van der Waals surface area contributed by atoms with Gasteiger partial charge in [0.25, 0.3) is 11.8 Å². The third-order valence-electron chi connectivity index (χ3n) is 4.38. The van der Waals surface area contributed by atoms with Crippen LogP contribution in [-0.2, 0) is 0 Å². The summed E-state index contributed by atoms with van der Waals surface area (Å²) in [5.41, 5.74) is 0.969. The average molecular weight is 414 g/mol. The van der Waals surface area contributed by atoms with Crippen molar-refractivity contribution in [2.45, 2.75) is 18.9 Å². The van der Waals surface area contributed by atoms with Crippen molar-refractivity contribution in [1.82, 2.24) is 10.2 Å². The second-order valence-electron chi connectivity index (χ2n) is 6.02. The van der Waals surface area contributed by atoms with Gasteiger partial charge in [-0.15, -0.1) is 23.7 Å². The molecule has 2 aromatic rings. The van der Waals surface area contributed by atoms with Crippen LogP contribution in [0.1, 0.15) is 32.9 Å². The highest BCUT2D eigenvalue weighted by atomic mass is 35.5. The molecule has 0 unspecified atom stereocenters. The van der Waals surface area contributed by atoms with Gasteiger partial charge in [0.2, 0.25) is 0 Å². The molecule has 1 aliphatic rings. The fourth-order valence-corrected chi connectivity index (χ4v) is 3.69. The van der Waals surface area contributed by atoms with Crippen molar-refractivity contribution in [2.75, 3.05) is 25.5 Å². The number of thiophene rings is 1. The van der Waals surface area contributed by atoms with Crippen LogP contribution in [-0.4, -0.2) is 42.9 Å². The summed E-state index contributed by atoms with van der Waals surface area (Å²) < 4.78 is 0. The van der Waals surface area contributed by atoms with E-state index in [4.69, 9.17) is 11.6 Å². The van der Waals surface area contributed by atoms with Gasteiger partial charge in [0, 0.05) is 18.7 Å². The van der Waals surface area contributed by atoms with Crippen molar-refractivity contribution in [1.29, 1.82) is 0 Å². The molecule has 3 rings (SSSR count). The first-order valence-electron chi connectivity index (χ1n) is 8.18. The third kappa shape index (κ3) is 4.76. The lowest BCUT2D eigenvalue weighted by Crippen LogP contribution is -2.43. The zero-order valence-electron chi connectivity index (χ0n) is 14.3. The molecule has 26 heavy (non-hydrogen) atoms. The fraction of sp³-hybridized carbons (Fsp3) is 0.333. The van der Waals surface area contributed by atoms with Crippen LogP contribution in [0.5, 0.6) is 0 Å². The molecule has 2 amide bonds. The van der Waals surface area contributed by atoms with Gasteiger partial charge in [-0.25, -0.2) is 0 Å². The standard InChI is InChI=1S/C18H20ClN3O2S.ClH/c1-22(13-6-8-20-9-7-13)18(24)12-4-5-14(19)15(11-12)21-17(23)16-3-2-10-25-16;/h2-5,10-11,13,20H,6-9H2,1H3,(H,21,23);1H. The summed E-state index contributed by atoms with van der Waals surface area (Å²) in [7, 11) is 1.83. The second kappa shape index (κ2) is 9.37. The normalized spacial score (nSPS) is 14.4. The van der Waals surface area contributed by atoms with E-state index in [0.717, 1.165) is 25.9 Å². The molecule has 1 aromatic carbocycles. The van der Waals surface area contributed by atoms with E-state index in [2.05, 4.69) is 10.6 Å². The molecule has 0 bridgehead atoms. The maximum atomic E-state index is 12.8. The molecule has 0 spiro atoms. The summed E-state index contributed by atoms with van der Waals surface area (Å²) in [5.74, 6) is -0.289. The minimum atomic E-state index is -0.229. The van der Waals surface area contributed by atoms with E-state index >= 15 is 0 Å². The van der Waals surface area contributed by atoms with Crippen LogP contribution in [0.4, 0.5) is 5.69 Å². The summed E-state index contributed by atoms with van der Waals surface area (Å²) in [5, 5.41) is 8.33. The van der Waals surface area contributed by atoms with E-state index in [1.54, 1.807) is 29.2 Å². The van der Waals surface area contributed by atoms with Gasteiger partial charge < -0.3 is 15.5 Å². The number of amides is 2. The molecular formula is C18H21Cl2N3O2S. The number of carbonyl (C=O) groups excluding carboxylic acids is 2. The SMILES string of the molecule is CN(C(=O)c1ccc(Cl)c(NC(=O)c2cccs2)c1)C1CCNCC1.Cl. The molecule has 2 heterocycles. The van der Waals surface area contributed by atoms with Crippen molar-refractivity contribution in [3.63, 3.8) is 0 Å². The molecule has 0 saturated carbocycles. The lowest BCUT2D eigenvalue weighted by Gasteiger charge is -2.31. The first-order chi connectivity index (χ1) is 12.1. The smallest absolute Gasteiger partial charge is 0.265 e. The molecule has 0 aliphatic carbocycles. The highest BCUT2D eigenvalue weighted by molar-refractivity contribution is 7.12. The Morgan fingerprint density at radius 1 is 1.27 bits per heavy atom. The molecule has 0 radical (unpaired) electrons. The minimum Gasteiger partial charge on any atom is -0.339 e. The van der Waals surface area contributed by atoms with Gasteiger partial charge in [-0.1, -0.05) is 17.7 Å². The number of nitrogens with one attached hydrogen (secondary N) is 2. The Morgan fingerprint density at radius 3 is 2.65 bits per heavy atom. The molecule has 5 nitrogen and oxygen atoms in total. The number of benzene rings is 1. The minimum absolute atomic E-state index is 0. The van der Waals surface area contributed by atoms with Crippen LogP contribution in [0.2, 0.25) is 5.02 Å². The Bertz CT molecular complexity index is 762. The van der Waals surface area contributed by atoms with E-state index in [1.807, 2.05) is 18.5 Å². The van der Waals surface area contributed by atoms with Crippen molar-refractivity contribution in [3.05, 3.63) is 51.2 Å². The van der Waals surface area contributed by atoms with Gasteiger partial charge in [-0.2, -0.15) is 0 Å². The maximum absolute atomic E-state index is 12.8. The van der Waals surface area contributed by atoms with Crippen LogP contribution in [0.3, 0.4) is 0 Å². The molecular weight excluding hydrogens is 393 g/mol. The zero-order valence-corrected chi connectivity index (χ0v) is 16.7. The van der Waals surface area contributed by atoms with E-state index in [1.165, 1.54) is 11.3 Å². The summed E-state index contributed by atoms with van der Waals surface area (Å²) in [4.78, 5) is 27.4. The lowest BCUT2D eigenvalue weighted by atomic mass is 10.0. The summed E-state index contributed by atoms with van der Waals surface area (Å²) in [6, 6.07) is 8.78. The number of anilines is 1. The first kappa shape index (κ1) is 20.7. The van der Waals surface area contributed by atoms with Gasteiger partial charge in [0.1, 0.15) is 0 Å². The summed E-state index contributed by atoms with van der Waals surface area (Å²) in [6.07, 6.45) is 1.88. The fourth-order valence-electron chi connectivity index (χ4n) is 2.91. The molecule has 1 saturated heterocycles. The summed E-state index contributed by atoms with van der Waals surface area (Å²) in [6.45, 7) is 1.84. The van der Waals surface area contributed by atoms with Gasteiger partial charge in [-0.05, 0) is 55.6 Å². The number of hydrogen-bond acceptors (Lipinski definition) is 4. The molecule has 8 heteroatoms. The lowest BCUT2D eigenvalue weighted by molar-refractivity contribution is 0.0703. The number of nitrogens with zero attached hydrogens (tertiary/aromatic N) is 1. The Hall–Kier alpha value is -1.60. The maximum Gasteiger partial charge on any atom is 0.265 e. The number of halogens is 2. The number of piperidine rings is 1. The van der Waals surface area contributed by atoms with Crippen LogP contribution in [0, 0.1) is 0 Å². The quantitative estimate of drug-likeness (QED) is 0.798. The van der Waals surface area contributed by atoms with Crippen molar-refractivity contribution >= 4 is 52.8 Å². The highest BCUT2D eigenvalue weighted by Gasteiger charge is 2.23. The van der Waals surface area contributed by atoms with Gasteiger partial charge in [0.05, 0.1) is 15.6 Å². The van der Waals surface area contributed by atoms with Crippen molar-refractivity contribution in [2.24, 2.45) is 0 Å². The van der Waals surface area contributed by atoms with Crippen LogP contribution < -0.4 is 10.6 Å². The average Bonchev–Trinajstić information content (AvgIpc) is 3.18. The predicted octanol–water partition coefficient (Wildman–Crippen LogP) is 3.90. The van der Waals surface area contributed by atoms with Crippen molar-refractivity contribution in [3.8, 4) is 0 Å². The van der Waals surface area contributed by atoms with Crippen LogP contribution in [0.25, 0.3) is 0 Å². The molecule has 2 N–H and O–H groups in total. The largest absolute Gasteiger partial charge is 0.339 e. The molecule has 140 valence electrons. The Balaban J connectivity index is 0.00000243. The Morgan fingerprint density at radius 2 is 2.00 bits per heavy atom. The van der Waals surface area contributed by atoms with Gasteiger partial charge in [0.15, 0.2) is 0 Å². The van der Waals surface area contributed by atoms with E-state index in [-0.39, 0.29) is 30.3 Å².